The summed E-state index contributed by atoms with van der Waals surface area (Å²) in [6, 6.07) is 3.59. The van der Waals surface area contributed by atoms with Crippen LogP contribution in [-0.2, 0) is 0 Å². The second kappa shape index (κ2) is 3.48. The van der Waals surface area contributed by atoms with Gasteiger partial charge in [0.15, 0.2) is 17.9 Å². The molecule has 1 fully saturated rings. The number of carbonyl (C=O) groups is 1. The molecule has 0 aromatic carbocycles. The van der Waals surface area contributed by atoms with Crippen molar-refractivity contribution in [2.75, 3.05) is 18.0 Å². The molecule has 0 radical (unpaired) electrons. The van der Waals surface area contributed by atoms with Crippen LogP contribution in [0, 0.1) is 11.8 Å². The third-order valence-corrected chi connectivity index (χ3v) is 3.03. The average molecular weight is 193 g/mol. The molecule has 0 amide bonds. The van der Waals surface area contributed by atoms with E-state index in [2.05, 4.69) is 18.7 Å². The van der Waals surface area contributed by atoms with Crippen molar-refractivity contribution in [1.82, 2.24) is 0 Å². The van der Waals surface area contributed by atoms with E-state index in [4.69, 9.17) is 4.42 Å². The van der Waals surface area contributed by atoms with Crippen LogP contribution in [0.2, 0.25) is 0 Å². The van der Waals surface area contributed by atoms with Crippen LogP contribution < -0.4 is 4.90 Å². The highest BCUT2D eigenvalue weighted by atomic mass is 16.4. The van der Waals surface area contributed by atoms with E-state index >= 15 is 0 Å². The van der Waals surface area contributed by atoms with Crippen molar-refractivity contribution < 1.29 is 9.21 Å². The molecule has 76 valence electrons. The molecule has 3 heteroatoms. The second-order valence-corrected chi connectivity index (χ2v) is 4.15. The van der Waals surface area contributed by atoms with Gasteiger partial charge in [-0.3, -0.25) is 4.79 Å². The molecule has 14 heavy (non-hydrogen) atoms. The molecular weight excluding hydrogens is 178 g/mol. The molecule has 3 nitrogen and oxygen atoms in total. The standard InChI is InChI=1S/C11H15NO2/c1-8-5-12(6-9(8)2)11-4-3-10(7-13)14-11/h3-4,7-9H,5-6H2,1-2H3. The molecule has 2 atom stereocenters. The van der Waals surface area contributed by atoms with Gasteiger partial charge in [-0.2, -0.15) is 0 Å². The zero-order chi connectivity index (χ0) is 10.1. The first-order valence-electron chi connectivity index (χ1n) is 5.00. The van der Waals surface area contributed by atoms with Crippen molar-refractivity contribution in [2.24, 2.45) is 11.8 Å². The Morgan fingerprint density at radius 1 is 1.36 bits per heavy atom. The Balaban J connectivity index is 2.12. The number of aldehydes is 1. The second-order valence-electron chi connectivity index (χ2n) is 4.15. The fourth-order valence-corrected chi connectivity index (χ4v) is 1.89. The lowest BCUT2D eigenvalue weighted by Crippen LogP contribution is -2.18. The van der Waals surface area contributed by atoms with Gasteiger partial charge in [-0.25, -0.2) is 0 Å². The summed E-state index contributed by atoms with van der Waals surface area (Å²) in [6.45, 7) is 6.53. The molecule has 2 rings (SSSR count). The molecule has 2 unspecified atom stereocenters. The van der Waals surface area contributed by atoms with E-state index in [0.29, 0.717) is 17.6 Å². The lowest BCUT2D eigenvalue weighted by molar-refractivity contribution is 0.110. The van der Waals surface area contributed by atoms with Gasteiger partial charge in [0.05, 0.1) is 0 Å². The van der Waals surface area contributed by atoms with E-state index in [1.807, 2.05) is 6.07 Å². The van der Waals surface area contributed by atoms with Crippen molar-refractivity contribution in [3.05, 3.63) is 17.9 Å². The molecule has 0 saturated carbocycles. The summed E-state index contributed by atoms with van der Waals surface area (Å²) in [5.41, 5.74) is 0. The molecule has 0 N–H and O–H groups in total. The third kappa shape index (κ3) is 1.54. The number of carbonyl (C=O) groups excluding carboxylic acids is 1. The maximum atomic E-state index is 10.5. The largest absolute Gasteiger partial charge is 0.438 e. The van der Waals surface area contributed by atoms with Crippen LogP contribution in [0.5, 0.6) is 0 Å². The summed E-state index contributed by atoms with van der Waals surface area (Å²) in [6.07, 6.45) is 0.742. The Morgan fingerprint density at radius 2 is 2.00 bits per heavy atom. The van der Waals surface area contributed by atoms with Crippen LogP contribution in [0.3, 0.4) is 0 Å². The number of rotatable bonds is 2. The quantitative estimate of drug-likeness (QED) is 0.675. The molecular formula is C11H15NO2. The number of anilines is 1. The highest BCUT2D eigenvalue weighted by Crippen LogP contribution is 2.28. The Hall–Kier alpha value is -1.25. The Bertz CT molecular complexity index is 322. The first-order chi connectivity index (χ1) is 6.70. The summed E-state index contributed by atoms with van der Waals surface area (Å²) in [7, 11) is 0. The molecule has 1 saturated heterocycles. The lowest BCUT2D eigenvalue weighted by Gasteiger charge is -2.13. The highest BCUT2D eigenvalue weighted by molar-refractivity contribution is 5.71. The number of hydrogen-bond donors (Lipinski definition) is 0. The smallest absolute Gasteiger partial charge is 0.196 e. The topological polar surface area (TPSA) is 33.5 Å². The van der Waals surface area contributed by atoms with Crippen LogP contribution >= 0.6 is 0 Å². The Morgan fingerprint density at radius 3 is 2.50 bits per heavy atom. The summed E-state index contributed by atoms with van der Waals surface area (Å²) >= 11 is 0. The normalized spacial score (nSPS) is 26.9. The average Bonchev–Trinajstić information content (AvgIpc) is 2.74. The van der Waals surface area contributed by atoms with E-state index in [1.165, 1.54) is 0 Å². The molecule has 2 heterocycles. The summed E-state index contributed by atoms with van der Waals surface area (Å²) in [4.78, 5) is 12.6. The fraction of sp³-hybridized carbons (Fsp3) is 0.545. The van der Waals surface area contributed by atoms with Gasteiger partial charge >= 0.3 is 0 Å². The van der Waals surface area contributed by atoms with Gasteiger partial charge < -0.3 is 9.32 Å². The monoisotopic (exact) mass is 193 g/mol. The van der Waals surface area contributed by atoms with Crippen LogP contribution in [0.15, 0.2) is 16.5 Å². The van der Waals surface area contributed by atoms with Gasteiger partial charge in [-0.05, 0) is 17.9 Å². The third-order valence-electron chi connectivity index (χ3n) is 3.03. The summed E-state index contributed by atoms with van der Waals surface area (Å²) < 4.78 is 5.37. The van der Waals surface area contributed by atoms with Crippen molar-refractivity contribution >= 4 is 12.2 Å². The van der Waals surface area contributed by atoms with Gasteiger partial charge in [-0.1, -0.05) is 13.8 Å². The fourth-order valence-electron chi connectivity index (χ4n) is 1.89. The molecule has 1 aromatic rings. The minimum Gasteiger partial charge on any atom is -0.438 e. The zero-order valence-corrected chi connectivity index (χ0v) is 8.56. The van der Waals surface area contributed by atoms with Crippen molar-refractivity contribution in [3.63, 3.8) is 0 Å². The maximum absolute atomic E-state index is 10.5. The van der Waals surface area contributed by atoms with Crippen molar-refractivity contribution in [1.29, 1.82) is 0 Å². The van der Waals surface area contributed by atoms with E-state index in [-0.39, 0.29) is 0 Å². The van der Waals surface area contributed by atoms with Crippen LogP contribution in [-0.4, -0.2) is 19.4 Å². The van der Waals surface area contributed by atoms with Crippen LogP contribution in [0.4, 0.5) is 5.88 Å². The summed E-state index contributed by atoms with van der Waals surface area (Å²) in [5.74, 6) is 2.62. The van der Waals surface area contributed by atoms with Crippen LogP contribution in [0.25, 0.3) is 0 Å². The molecule has 0 aliphatic carbocycles. The van der Waals surface area contributed by atoms with E-state index in [0.717, 1.165) is 25.3 Å². The van der Waals surface area contributed by atoms with Gasteiger partial charge in [0.2, 0.25) is 0 Å². The molecule has 1 aromatic heterocycles. The molecule has 1 aliphatic rings. The van der Waals surface area contributed by atoms with E-state index < -0.39 is 0 Å². The highest BCUT2D eigenvalue weighted by Gasteiger charge is 2.27. The Labute approximate surface area is 83.7 Å². The molecule has 1 aliphatic heterocycles. The van der Waals surface area contributed by atoms with Crippen LogP contribution in [0.1, 0.15) is 24.4 Å². The van der Waals surface area contributed by atoms with Crippen molar-refractivity contribution in [2.45, 2.75) is 13.8 Å². The van der Waals surface area contributed by atoms with E-state index in [1.54, 1.807) is 6.07 Å². The van der Waals surface area contributed by atoms with Gasteiger partial charge in [0, 0.05) is 19.2 Å². The van der Waals surface area contributed by atoms with Gasteiger partial charge in [0.1, 0.15) is 0 Å². The predicted molar refractivity (Wildman–Crippen MR) is 54.6 cm³/mol. The first-order valence-corrected chi connectivity index (χ1v) is 5.00. The summed E-state index contributed by atoms with van der Waals surface area (Å²) in [5, 5.41) is 0. The van der Waals surface area contributed by atoms with Gasteiger partial charge in [0.25, 0.3) is 0 Å². The Kier molecular flexibility index (Phi) is 2.32. The molecule has 0 spiro atoms. The zero-order valence-electron chi connectivity index (χ0n) is 8.56. The minimum absolute atomic E-state index is 0.409. The number of furan rings is 1. The first kappa shape index (κ1) is 9.31. The predicted octanol–water partition coefficient (Wildman–Crippen LogP) is 2.18. The molecule has 0 bridgehead atoms. The van der Waals surface area contributed by atoms with Crippen molar-refractivity contribution in [3.8, 4) is 0 Å². The maximum Gasteiger partial charge on any atom is 0.196 e. The SMILES string of the molecule is CC1CN(c2ccc(C=O)o2)CC1C. The lowest BCUT2D eigenvalue weighted by atomic mass is 10.0. The minimum atomic E-state index is 0.409. The van der Waals surface area contributed by atoms with Gasteiger partial charge in [-0.15, -0.1) is 0 Å². The van der Waals surface area contributed by atoms with E-state index in [9.17, 15) is 4.79 Å². The number of hydrogen-bond acceptors (Lipinski definition) is 3. The number of nitrogens with zero attached hydrogens (tertiary/aromatic N) is 1.